The molecule has 1 aliphatic rings. The van der Waals surface area contributed by atoms with Crippen molar-refractivity contribution < 1.29 is 14.3 Å². The summed E-state index contributed by atoms with van der Waals surface area (Å²) in [6, 6.07) is 4.95. The number of anilines is 1. The molecule has 1 saturated carbocycles. The molecular weight excluding hydrogens is 308 g/mol. The van der Waals surface area contributed by atoms with Crippen LogP contribution in [0, 0.1) is 0 Å². The van der Waals surface area contributed by atoms with Crippen LogP contribution in [0.25, 0.3) is 0 Å². The quantitative estimate of drug-likeness (QED) is 0.847. The van der Waals surface area contributed by atoms with Crippen LogP contribution >= 0.6 is 0 Å². The van der Waals surface area contributed by atoms with E-state index in [1.807, 2.05) is 6.92 Å². The van der Waals surface area contributed by atoms with Crippen LogP contribution in [0.1, 0.15) is 40.6 Å². The van der Waals surface area contributed by atoms with Gasteiger partial charge in [0.15, 0.2) is 0 Å². The van der Waals surface area contributed by atoms with Gasteiger partial charge in [-0.3, -0.25) is 19.6 Å². The number of carbonyl (C=O) groups is 2. The van der Waals surface area contributed by atoms with Crippen molar-refractivity contribution in [2.75, 3.05) is 11.9 Å². The Hall–Kier alpha value is -2.96. The van der Waals surface area contributed by atoms with Gasteiger partial charge < -0.3 is 15.4 Å². The highest BCUT2D eigenvalue weighted by atomic mass is 16.5. The molecule has 3 rings (SSSR count). The predicted octanol–water partition coefficient (Wildman–Crippen LogP) is 2.02. The first-order valence-electron chi connectivity index (χ1n) is 7.82. The Labute approximate surface area is 139 Å². The lowest BCUT2D eigenvalue weighted by Crippen LogP contribution is -2.26. The van der Waals surface area contributed by atoms with Crippen LogP contribution in [0.15, 0.2) is 36.8 Å². The molecule has 0 atom stereocenters. The molecule has 0 aliphatic heterocycles. The molecule has 0 radical (unpaired) electrons. The highest BCUT2D eigenvalue weighted by Gasteiger charge is 2.24. The second-order valence-corrected chi connectivity index (χ2v) is 5.44. The van der Waals surface area contributed by atoms with Crippen LogP contribution in [0.4, 0.5) is 5.69 Å². The van der Waals surface area contributed by atoms with E-state index in [0.29, 0.717) is 23.6 Å². The van der Waals surface area contributed by atoms with Crippen LogP contribution in [0.5, 0.6) is 5.75 Å². The van der Waals surface area contributed by atoms with Crippen molar-refractivity contribution in [1.29, 1.82) is 0 Å². The van der Waals surface area contributed by atoms with E-state index in [9.17, 15) is 9.59 Å². The van der Waals surface area contributed by atoms with Gasteiger partial charge in [0, 0.05) is 30.1 Å². The molecule has 2 aromatic rings. The minimum Gasteiger partial charge on any atom is -0.492 e. The number of hydrogen-bond acceptors (Lipinski definition) is 5. The molecule has 2 N–H and O–H groups in total. The van der Waals surface area contributed by atoms with Gasteiger partial charge in [-0.25, -0.2) is 0 Å². The fourth-order valence-electron chi connectivity index (χ4n) is 2.13. The Kier molecular flexibility index (Phi) is 4.69. The van der Waals surface area contributed by atoms with Crippen molar-refractivity contribution in [2.24, 2.45) is 0 Å². The third kappa shape index (κ3) is 3.87. The molecule has 2 heterocycles. The Morgan fingerprint density at radius 3 is 2.83 bits per heavy atom. The Morgan fingerprint density at radius 1 is 1.25 bits per heavy atom. The average molecular weight is 326 g/mol. The summed E-state index contributed by atoms with van der Waals surface area (Å²) in [6.45, 7) is 2.34. The minimum absolute atomic E-state index is 0.228. The van der Waals surface area contributed by atoms with Gasteiger partial charge in [-0.05, 0) is 31.9 Å². The number of amides is 2. The van der Waals surface area contributed by atoms with Crippen LogP contribution in [0.2, 0.25) is 0 Å². The Morgan fingerprint density at radius 2 is 2.08 bits per heavy atom. The first-order chi connectivity index (χ1) is 11.7. The van der Waals surface area contributed by atoms with Gasteiger partial charge in [0.25, 0.3) is 11.8 Å². The molecule has 1 fully saturated rings. The number of nitrogens with zero attached hydrogens (tertiary/aromatic N) is 2. The number of ether oxygens (including phenoxy) is 1. The van der Waals surface area contributed by atoms with E-state index >= 15 is 0 Å². The van der Waals surface area contributed by atoms with Crippen molar-refractivity contribution in [3.05, 3.63) is 48.0 Å². The number of aromatic nitrogens is 2. The largest absolute Gasteiger partial charge is 0.492 e. The molecule has 2 aromatic heterocycles. The molecule has 124 valence electrons. The molecule has 0 aromatic carbocycles. The third-order valence-electron chi connectivity index (χ3n) is 3.50. The fourth-order valence-corrected chi connectivity index (χ4v) is 2.13. The van der Waals surface area contributed by atoms with E-state index < -0.39 is 0 Å². The summed E-state index contributed by atoms with van der Waals surface area (Å²) in [5.41, 5.74) is 1.05. The molecule has 24 heavy (non-hydrogen) atoms. The van der Waals surface area contributed by atoms with Gasteiger partial charge in [0.2, 0.25) is 0 Å². The summed E-state index contributed by atoms with van der Waals surface area (Å²) in [5, 5.41) is 5.59. The van der Waals surface area contributed by atoms with E-state index in [2.05, 4.69) is 20.6 Å². The second kappa shape index (κ2) is 7.08. The monoisotopic (exact) mass is 326 g/mol. The van der Waals surface area contributed by atoms with Crippen molar-refractivity contribution in [3.63, 3.8) is 0 Å². The number of carbonyl (C=O) groups excluding carboxylic acids is 2. The SMILES string of the molecule is CCOc1ccncc1NC(=O)c1ccnc(C(=O)NC2CC2)c1. The lowest BCUT2D eigenvalue weighted by Gasteiger charge is -2.11. The van der Waals surface area contributed by atoms with Crippen molar-refractivity contribution in [3.8, 4) is 5.75 Å². The Balaban J connectivity index is 1.74. The highest BCUT2D eigenvalue weighted by molar-refractivity contribution is 6.06. The first kappa shape index (κ1) is 15.9. The molecule has 0 bridgehead atoms. The van der Waals surface area contributed by atoms with Gasteiger partial charge in [0.1, 0.15) is 17.1 Å². The van der Waals surface area contributed by atoms with E-state index in [4.69, 9.17) is 4.74 Å². The summed E-state index contributed by atoms with van der Waals surface area (Å²) in [5.74, 6) is -0.0723. The lowest BCUT2D eigenvalue weighted by atomic mass is 10.2. The number of pyridine rings is 2. The predicted molar refractivity (Wildman–Crippen MR) is 88.1 cm³/mol. The Bertz CT molecular complexity index is 759. The van der Waals surface area contributed by atoms with Crippen LogP contribution in [-0.4, -0.2) is 34.4 Å². The van der Waals surface area contributed by atoms with Crippen molar-refractivity contribution >= 4 is 17.5 Å². The van der Waals surface area contributed by atoms with Gasteiger partial charge in [-0.1, -0.05) is 0 Å². The molecule has 0 unspecified atom stereocenters. The van der Waals surface area contributed by atoms with Crippen LogP contribution in [-0.2, 0) is 0 Å². The molecule has 7 nitrogen and oxygen atoms in total. The molecule has 0 saturated heterocycles. The highest BCUT2D eigenvalue weighted by Crippen LogP contribution is 2.23. The van der Waals surface area contributed by atoms with E-state index in [0.717, 1.165) is 12.8 Å². The second-order valence-electron chi connectivity index (χ2n) is 5.44. The van der Waals surface area contributed by atoms with E-state index in [-0.39, 0.29) is 23.6 Å². The zero-order valence-electron chi connectivity index (χ0n) is 13.3. The number of nitrogens with one attached hydrogen (secondary N) is 2. The first-order valence-corrected chi connectivity index (χ1v) is 7.82. The smallest absolute Gasteiger partial charge is 0.270 e. The van der Waals surface area contributed by atoms with Gasteiger partial charge in [-0.2, -0.15) is 0 Å². The fraction of sp³-hybridized carbons (Fsp3) is 0.294. The topological polar surface area (TPSA) is 93.2 Å². The molecule has 0 spiro atoms. The molecular formula is C17H18N4O3. The zero-order valence-corrected chi connectivity index (χ0v) is 13.3. The normalized spacial score (nSPS) is 13.2. The molecule has 1 aliphatic carbocycles. The maximum atomic E-state index is 12.4. The van der Waals surface area contributed by atoms with Crippen molar-refractivity contribution in [1.82, 2.24) is 15.3 Å². The summed E-state index contributed by atoms with van der Waals surface area (Å²) in [7, 11) is 0. The minimum atomic E-state index is -0.355. The third-order valence-corrected chi connectivity index (χ3v) is 3.50. The average Bonchev–Trinajstić information content (AvgIpc) is 3.41. The van der Waals surface area contributed by atoms with Gasteiger partial charge in [0.05, 0.1) is 12.8 Å². The summed E-state index contributed by atoms with van der Waals surface area (Å²) in [6.07, 6.45) is 6.54. The van der Waals surface area contributed by atoms with Crippen molar-refractivity contribution in [2.45, 2.75) is 25.8 Å². The van der Waals surface area contributed by atoms with Gasteiger partial charge in [-0.15, -0.1) is 0 Å². The van der Waals surface area contributed by atoms with E-state index in [1.165, 1.54) is 18.5 Å². The lowest BCUT2D eigenvalue weighted by molar-refractivity contribution is 0.0946. The summed E-state index contributed by atoms with van der Waals surface area (Å²) < 4.78 is 5.46. The van der Waals surface area contributed by atoms with Crippen LogP contribution < -0.4 is 15.4 Å². The molecule has 2 amide bonds. The summed E-state index contributed by atoms with van der Waals surface area (Å²) >= 11 is 0. The molecule has 7 heteroatoms. The van der Waals surface area contributed by atoms with Crippen LogP contribution in [0.3, 0.4) is 0 Å². The maximum Gasteiger partial charge on any atom is 0.270 e. The summed E-state index contributed by atoms with van der Waals surface area (Å²) in [4.78, 5) is 32.5. The number of rotatable bonds is 6. The van der Waals surface area contributed by atoms with Gasteiger partial charge >= 0.3 is 0 Å². The zero-order chi connectivity index (χ0) is 16.9. The maximum absolute atomic E-state index is 12.4. The standard InChI is InChI=1S/C17H18N4O3/c1-2-24-15-6-7-18-10-14(15)21-16(22)11-5-8-19-13(9-11)17(23)20-12-3-4-12/h5-10,12H,2-4H2,1H3,(H,20,23)(H,21,22). The van der Waals surface area contributed by atoms with E-state index in [1.54, 1.807) is 18.3 Å². The number of hydrogen-bond donors (Lipinski definition) is 2.